The third-order valence-electron chi connectivity index (χ3n) is 4.17. The fourth-order valence-corrected chi connectivity index (χ4v) is 3.66. The molecule has 116 valence electrons. The Labute approximate surface area is 153 Å². The molecule has 0 aliphatic carbocycles. The van der Waals surface area contributed by atoms with E-state index < -0.39 is 0 Å². The molecule has 1 aliphatic heterocycles. The fourth-order valence-electron chi connectivity index (χ4n) is 3.04. The van der Waals surface area contributed by atoms with Gasteiger partial charge >= 0.3 is 0 Å². The van der Waals surface area contributed by atoms with Crippen LogP contribution in [0.2, 0.25) is 5.02 Å². The van der Waals surface area contributed by atoms with E-state index in [0.29, 0.717) is 0 Å². The van der Waals surface area contributed by atoms with E-state index in [0.717, 1.165) is 23.0 Å². The molecule has 23 heavy (non-hydrogen) atoms. The third-order valence-corrected chi connectivity index (χ3v) is 5.23. The normalized spacial score (nSPS) is 19.9. The number of anilines is 1. The van der Waals surface area contributed by atoms with Crippen molar-refractivity contribution in [1.29, 1.82) is 0 Å². The van der Waals surface area contributed by atoms with E-state index in [1.54, 1.807) is 6.33 Å². The van der Waals surface area contributed by atoms with Crippen LogP contribution in [-0.4, -0.2) is 14.8 Å². The van der Waals surface area contributed by atoms with Crippen LogP contribution in [0.25, 0.3) is 0 Å². The molecule has 1 aromatic heterocycles. The highest BCUT2D eigenvalue weighted by Crippen LogP contribution is 2.39. The van der Waals surface area contributed by atoms with Crippen molar-refractivity contribution in [3.63, 3.8) is 0 Å². The maximum Gasteiger partial charge on any atom is 0.222 e. The van der Waals surface area contributed by atoms with E-state index in [1.807, 2.05) is 22.9 Å². The van der Waals surface area contributed by atoms with Crippen LogP contribution < -0.4 is 5.32 Å². The van der Waals surface area contributed by atoms with E-state index in [-0.39, 0.29) is 12.1 Å². The number of benzene rings is 2. The van der Waals surface area contributed by atoms with E-state index >= 15 is 0 Å². The van der Waals surface area contributed by atoms with Gasteiger partial charge in [0.25, 0.3) is 0 Å². The molecule has 1 aliphatic rings. The summed E-state index contributed by atoms with van der Waals surface area (Å²) in [5.74, 6) is 0.782. The van der Waals surface area contributed by atoms with Crippen LogP contribution in [0.15, 0.2) is 54.9 Å². The Morgan fingerprint density at radius 2 is 1.91 bits per heavy atom. The van der Waals surface area contributed by atoms with Crippen molar-refractivity contribution in [2.24, 2.45) is 0 Å². The summed E-state index contributed by atoms with van der Waals surface area (Å²) in [6.45, 7) is 0. The Hall–Kier alpha value is -1.60. The molecule has 6 heteroatoms. The van der Waals surface area contributed by atoms with Crippen LogP contribution in [0.5, 0.6) is 0 Å². The molecule has 3 aromatic rings. The van der Waals surface area contributed by atoms with Gasteiger partial charge in [-0.15, -0.1) is 0 Å². The summed E-state index contributed by atoms with van der Waals surface area (Å²) in [4.78, 5) is 4.35. The van der Waals surface area contributed by atoms with Crippen LogP contribution in [0.1, 0.15) is 29.6 Å². The first-order valence-corrected chi connectivity index (χ1v) is 8.84. The topological polar surface area (TPSA) is 42.7 Å². The smallest absolute Gasteiger partial charge is 0.222 e. The molecular weight excluding hydrogens is 423 g/mol. The maximum atomic E-state index is 6.42. The number of nitrogens with zero attached hydrogens (tertiary/aromatic N) is 3. The molecular formula is C17H14ClIN4. The average molecular weight is 437 g/mol. The summed E-state index contributed by atoms with van der Waals surface area (Å²) in [6, 6.07) is 16.8. The Morgan fingerprint density at radius 3 is 2.70 bits per heavy atom. The van der Waals surface area contributed by atoms with Crippen molar-refractivity contribution in [2.45, 2.75) is 18.5 Å². The van der Waals surface area contributed by atoms with Gasteiger partial charge in [-0.1, -0.05) is 41.9 Å². The van der Waals surface area contributed by atoms with Crippen molar-refractivity contribution in [2.75, 3.05) is 5.32 Å². The Balaban J connectivity index is 1.75. The lowest BCUT2D eigenvalue weighted by Crippen LogP contribution is -2.28. The van der Waals surface area contributed by atoms with Crippen LogP contribution in [0, 0.1) is 3.57 Å². The zero-order chi connectivity index (χ0) is 15.8. The second-order valence-electron chi connectivity index (χ2n) is 5.55. The quantitative estimate of drug-likeness (QED) is 0.593. The summed E-state index contributed by atoms with van der Waals surface area (Å²) < 4.78 is 3.15. The Morgan fingerprint density at radius 1 is 1.13 bits per heavy atom. The van der Waals surface area contributed by atoms with Gasteiger partial charge in [-0.05, 0) is 58.3 Å². The molecule has 0 bridgehead atoms. The summed E-state index contributed by atoms with van der Waals surface area (Å²) in [7, 11) is 0. The fraction of sp³-hybridized carbons (Fsp3) is 0.176. The molecule has 2 atom stereocenters. The van der Waals surface area contributed by atoms with E-state index in [1.165, 1.54) is 9.13 Å². The minimum atomic E-state index is 0.0757. The first-order valence-electron chi connectivity index (χ1n) is 7.38. The number of nitrogens with one attached hydrogen (secondary N) is 1. The highest BCUT2D eigenvalue weighted by molar-refractivity contribution is 14.1. The van der Waals surface area contributed by atoms with E-state index in [4.69, 9.17) is 11.6 Å². The molecule has 4 rings (SSSR count). The molecule has 0 radical (unpaired) electrons. The number of halogens is 2. The van der Waals surface area contributed by atoms with Gasteiger partial charge in [0, 0.05) is 8.59 Å². The number of fused-ring (bicyclic) bond motifs is 1. The predicted molar refractivity (Wildman–Crippen MR) is 99.8 cm³/mol. The highest BCUT2D eigenvalue weighted by Gasteiger charge is 2.30. The summed E-state index contributed by atoms with van der Waals surface area (Å²) in [5.41, 5.74) is 2.33. The minimum Gasteiger partial charge on any atom is -0.348 e. The van der Waals surface area contributed by atoms with Crippen LogP contribution in [-0.2, 0) is 0 Å². The van der Waals surface area contributed by atoms with Gasteiger partial charge in [0.05, 0.1) is 12.1 Å². The van der Waals surface area contributed by atoms with Crippen molar-refractivity contribution in [3.8, 4) is 0 Å². The Kier molecular flexibility index (Phi) is 3.98. The zero-order valence-corrected chi connectivity index (χ0v) is 15.1. The molecule has 0 saturated carbocycles. The van der Waals surface area contributed by atoms with Crippen LogP contribution >= 0.6 is 34.2 Å². The SMILES string of the molecule is Clc1ccccc1C1CC(c2ccc(I)cc2)Nc2ncnn21. The first-order chi connectivity index (χ1) is 11.2. The van der Waals surface area contributed by atoms with Crippen molar-refractivity contribution >= 4 is 40.1 Å². The lowest BCUT2D eigenvalue weighted by Gasteiger charge is -2.32. The first kappa shape index (κ1) is 15.0. The molecule has 0 saturated heterocycles. The molecule has 4 nitrogen and oxygen atoms in total. The molecule has 2 unspecified atom stereocenters. The molecule has 0 amide bonds. The van der Waals surface area contributed by atoms with Crippen LogP contribution in [0.3, 0.4) is 0 Å². The Bertz CT molecular complexity index is 831. The van der Waals surface area contributed by atoms with Gasteiger partial charge in [0.1, 0.15) is 6.33 Å². The molecule has 1 N–H and O–H groups in total. The van der Waals surface area contributed by atoms with Gasteiger partial charge in [0.15, 0.2) is 0 Å². The van der Waals surface area contributed by atoms with E-state index in [9.17, 15) is 0 Å². The molecule has 2 heterocycles. The van der Waals surface area contributed by atoms with Crippen molar-refractivity contribution in [1.82, 2.24) is 14.8 Å². The molecule has 0 fully saturated rings. The summed E-state index contributed by atoms with van der Waals surface area (Å²) in [5, 5.41) is 8.62. The van der Waals surface area contributed by atoms with Crippen molar-refractivity contribution in [3.05, 3.63) is 74.6 Å². The number of hydrogen-bond acceptors (Lipinski definition) is 3. The average Bonchev–Trinajstić information content (AvgIpc) is 3.04. The maximum absolute atomic E-state index is 6.42. The van der Waals surface area contributed by atoms with Crippen molar-refractivity contribution < 1.29 is 0 Å². The second kappa shape index (κ2) is 6.13. The van der Waals surface area contributed by atoms with Gasteiger partial charge in [0.2, 0.25) is 5.95 Å². The molecule has 0 spiro atoms. The standard InChI is InChI=1S/C17H14ClIN4/c18-14-4-2-1-3-13(14)16-9-15(11-5-7-12(19)8-6-11)22-17-20-10-21-23(16)17/h1-8,10,15-16H,9H2,(H,20,21,22). The summed E-state index contributed by atoms with van der Waals surface area (Å²) >= 11 is 8.74. The largest absolute Gasteiger partial charge is 0.348 e. The lowest BCUT2D eigenvalue weighted by molar-refractivity contribution is 0.431. The minimum absolute atomic E-state index is 0.0757. The summed E-state index contributed by atoms with van der Waals surface area (Å²) in [6.07, 6.45) is 2.46. The highest BCUT2D eigenvalue weighted by atomic mass is 127. The third kappa shape index (κ3) is 2.83. The van der Waals surface area contributed by atoms with Gasteiger partial charge in [-0.2, -0.15) is 10.1 Å². The van der Waals surface area contributed by atoms with Crippen LogP contribution in [0.4, 0.5) is 5.95 Å². The predicted octanol–water partition coefficient (Wildman–Crippen LogP) is 4.68. The number of aromatic nitrogens is 3. The number of rotatable bonds is 2. The molecule has 2 aromatic carbocycles. The van der Waals surface area contributed by atoms with Gasteiger partial charge in [-0.3, -0.25) is 0 Å². The lowest BCUT2D eigenvalue weighted by atomic mass is 9.93. The number of hydrogen-bond donors (Lipinski definition) is 1. The zero-order valence-electron chi connectivity index (χ0n) is 12.2. The monoisotopic (exact) mass is 436 g/mol. The van der Waals surface area contributed by atoms with Gasteiger partial charge < -0.3 is 5.32 Å². The second-order valence-corrected chi connectivity index (χ2v) is 7.20. The van der Waals surface area contributed by atoms with E-state index in [2.05, 4.69) is 68.3 Å². The van der Waals surface area contributed by atoms with Gasteiger partial charge in [-0.25, -0.2) is 4.68 Å².